The number of carbonyl (C=O) groups is 1. The van der Waals surface area contributed by atoms with Gasteiger partial charge in [-0.1, -0.05) is 35.9 Å². The zero-order valence-electron chi connectivity index (χ0n) is 16.0. The van der Waals surface area contributed by atoms with Gasteiger partial charge in [0.2, 0.25) is 10.0 Å². The lowest BCUT2D eigenvalue weighted by Crippen LogP contribution is -2.27. The summed E-state index contributed by atoms with van der Waals surface area (Å²) < 4.78 is 29.4. The van der Waals surface area contributed by atoms with Gasteiger partial charge in [0.1, 0.15) is 17.5 Å². The highest BCUT2D eigenvalue weighted by Gasteiger charge is 2.22. The number of aromatic nitrogens is 2. The first-order valence-electron chi connectivity index (χ1n) is 8.59. The van der Waals surface area contributed by atoms with E-state index in [1.165, 1.54) is 12.1 Å². The molecule has 2 N–H and O–H groups in total. The van der Waals surface area contributed by atoms with E-state index < -0.39 is 21.7 Å². The van der Waals surface area contributed by atoms with E-state index in [9.17, 15) is 13.2 Å². The normalized spacial score (nSPS) is 12.0. The van der Waals surface area contributed by atoms with Crippen LogP contribution in [0.1, 0.15) is 20.8 Å². The number of nitrogens with zero attached hydrogens (tertiary/aromatic N) is 2. The third-order valence-corrected chi connectivity index (χ3v) is 4.99. The van der Waals surface area contributed by atoms with Crippen LogP contribution in [0, 0.1) is 6.20 Å². The van der Waals surface area contributed by atoms with Crippen molar-refractivity contribution in [2.24, 2.45) is 5.14 Å². The Morgan fingerprint density at radius 3 is 2.14 bits per heavy atom. The van der Waals surface area contributed by atoms with Gasteiger partial charge in [0.05, 0.1) is 4.90 Å². The molecule has 0 saturated heterocycles. The van der Waals surface area contributed by atoms with Crippen LogP contribution in [0.3, 0.4) is 0 Å². The SMILES string of the molecule is CC(C)(C)OC(=O)n1[c]c(-c2ccc(Cl)cc2)c(-c2ccc(S(N)(=O)=O)cc2)n1. The van der Waals surface area contributed by atoms with E-state index in [4.69, 9.17) is 21.5 Å². The summed E-state index contributed by atoms with van der Waals surface area (Å²) in [5.41, 5.74) is 1.58. The molecule has 29 heavy (non-hydrogen) atoms. The molecular formula is C20H19ClN3O4S. The number of sulfonamides is 1. The summed E-state index contributed by atoms with van der Waals surface area (Å²) in [6.07, 6.45) is 2.25. The van der Waals surface area contributed by atoms with Crippen molar-refractivity contribution in [1.82, 2.24) is 9.78 Å². The van der Waals surface area contributed by atoms with Crippen molar-refractivity contribution in [3.8, 4) is 22.4 Å². The van der Waals surface area contributed by atoms with Gasteiger partial charge in [-0.25, -0.2) is 18.4 Å². The first kappa shape index (κ1) is 21.0. The van der Waals surface area contributed by atoms with Crippen molar-refractivity contribution >= 4 is 27.7 Å². The Morgan fingerprint density at radius 2 is 1.62 bits per heavy atom. The van der Waals surface area contributed by atoms with Gasteiger partial charge < -0.3 is 4.74 Å². The number of benzene rings is 2. The minimum atomic E-state index is -3.82. The number of ether oxygens (including phenoxy) is 1. The minimum Gasteiger partial charge on any atom is -0.442 e. The highest BCUT2D eigenvalue weighted by molar-refractivity contribution is 7.89. The molecule has 3 rings (SSSR count). The van der Waals surface area contributed by atoms with Crippen LogP contribution < -0.4 is 5.14 Å². The summed E-state index contributed by atoms with van der Waals surface area (Å²) in [7, 11) is -3.82. The molecule has 0 atom stereocenters. The van der Waals surface area contributed by atoms with E-state index in [0.29, 0.717) is 21.8 Å². The van der Waals surface area contributed by atoms with E-state index in [-0.39, 0.29) is 4.90 Å². The van der Waals surface area contributed by atoms with Gasteiger partial charge in [0.25, 0.3) is 0 Å². The van der Waals surface area contributed by atoms with E-state index >= 15 is 0 Å². The van der Waals surface area contributed by atoms with E-state index in [0.717, 1.165) is 10.2 Å². The lowest BCUT2D eigenvalue weighted by atomic mass is 10.0. The standard InChI is InChI=1S/C20H19ClN3O4S/c1-20(2,3)28-19(25)24-12-17(13-4-8-15(21)9-5-13)18(23-24)14-6-10-16(11-7-14)29(22,26)27/h4-11H,1-3H3,(H2,22,26,27). The first-order valence-corrected chi connectivity index (χ1v) is 10.5. The number of primary sulfonamides is 1. The summed E-state index contributed by atoms with van der Waals surface area (Å²) in [5, 5.41) is 10.0. The largest absolute Gasteiger partial charge is 0.442 e. The van der Waals surface area contributed by atoms with Crippen molar-refractivity contribution in [2.75, 3.05) is 0 Å². The van der Waals surface area contributed by atoms with E-state index in [1.807, 2.05) is 0 Å². The Labute approximate surface area is 174 Å². The van der Waals surface area contributed by atoms with Gasteiger partial charge in [-0.05, 0) is 50.6 Å². The number of rotatable bonds is 3. The van der Waals surface area contributed by atoms with Crippen LogP contribution in [0.15, 0.2) is 53.4 Å². The number of hydrogen-bond acceptors (Lipinski definition) is 5. The van der Waals surface area contributed by atoms with Crippen molar-refractivity contribution in [1.29, 1.82) is 0 Å². The molecule has 0 aliphatic carbocycles. The second-order valence-electron chi connectivity index (χ2n) is 7.30. The molecule has 0 aliphatic rings. The number of nitrogens with two attached hydrogens (primary N) is 1. The molecule has 1 radical (unpaired) electrons. The van der Waals surface area contributed by atoms with Gasteiger partial charge >= 0.3 is 6.09 Å². The second kappa shape index (κ2) is 7.62. The number of carbonyl (C=O) groups excluding carboxylic acids is 1. The Hall–Kier alpha value is -2.68. The molecule has 0 spiro atoms. The lowest BCUT2D eigenvalue weighted by molar-refractivity contribution is 0.0513. The minimum absolute atomic E-state index is 0.0233. The van der Waals surface area contributed by atoms with E-state index in [2.05, 4.69) is 11.3 Å². The molecule has 2 aromatic carbocycles. The maximum Gasteiger partial charge on any atom is 0.435 e. The molecule has 0 saturated carbocycles. The molecule has 9 heteroatoms. The van der Waals surface area contributed by atoms with Crippen LogP contribution in [0.25, 0.3) is 22.4 Å². The molecule has 7 nitrogen and oxygen atoms in total. The van der Waals surface area contributed by atoms with E-state index in [1.54, 1.807) is 57.2 Å². The fraction of sp³-hybridized carbons (Fsp3) is 0.200. The highest BCUT2D eigenvalue weighted by atomic mass is 35.5. The van der Waals surface area contributed by atoms with Crippen LogP contribution in [0.2, 0.25) is 5.02 Å². The topological polar surface area (TPSA) is 104 Å². The quantitative estimate of drug-likeness (QED) is 0.670. The smallest absolute Gasteiger partial charge is 0.435 e. The lowest BCUT2D eigenvalue weighted by Gasteiger charge is -2.18. The van der Waals surface area contributed by atoms with Gasteiger partial charge in [0.15, 0.2) is 0 Å². The van der Waals surface area contributed by atoms with Crippen molar-refractivity contribution in [3.63, 3.8) is 0 Å². The number of hydrogen-bond donors (Lipinski definition) is 1. The summed E-state index contributed by atoms with van der Waals surface area (Å²) in [5.74, 6) is 0. The average molecular weight is 433 g/mol. The molecule has 3 aromatic rings. The maximum atomic E-state index is 12.5. The summed E-state index contributed by atoms with van der Waals surface area (Å²) in [6, 6.07) is 12.9. The predicted molar refractivity (Wildman–Crippen MR) is 110 cm³/mol. The maximum absolute atomic E-state index is 12.5. The van der Waals surface area contributed by atoms with Crippen LogP contribution >= 0.6 is 11.6 Å². The zero-order chi connectivity index (χ0) is 21.4. The van der Waals surface area contributed by atoms with Crippen molar-refractivity contribution < 1.29 is 17.9 Å². The molecule has 1 heterocycles. The average Bonchev–Trinajstić information content (AvgIpc) is 3.06. The molecular weight excluding hydrogens is 414 g/mol. The van der Waals surface area contributed by atoms with Gasteiger partial charge in [-0.15, -0.1) is 0 Å². The Morgan fingerprint density at radius 1 is 1.07 bits per heavy atom. The zero-order valence-corrected chi connectivity index (χ0v) is 17.6. The molecule has 0 amide bonds. The Bertz CT molecular complexity index is 1150. The summed E-state index contributed by atoms with van der Waals surface area (Å²) in [6.45, 7) is 5.25. The third kappa shape index (κ3) is 5.03. The van der Waals surface area contributed by atoms with Gasteiger partial charge in [-0.2, -0.15) is 9.78 Å². The molecule has 0 bridgehead atoms. The van der Waals surface area contributed by atoms with Crippen LogP contribution in [0.4, 0.5) is 4.79 Å². The Kier molecular flexibility index (Phi) is 5.53. The fourth-order valence-electron chi connectivity index (χ4n) is 2.55. The Balaban J connectivity index is 2.11. The van der Waals surface area contributed by atoms with Gasteiger partial charge in [0, 0.05) is 16.1 Å². The molecule has 1 aromatic heterocycles. The van der Waals surface area contributed by atoms with Crippen molar-refractivity contribution in [3.05, 3.63) is 59.8 Å². The van der Waals surface area contributed by atoms with Crippen LogP contribution in [0.5, 0.6) is 0 Å². The number of halogens is 1. The second-order valence-corrected chi connectivity index (χ2v) is 9.30. The first-order chi connectivity index (χ1) is 13.4. The highest BCUT2D eigenvalue weighted by Crippen LogP contribution is 2.32. The molecule has 0 unspecified atom stereocenters. The molecule has 0 fully saturated rings. The molecule has 0 aliphatic heterocycles. The van der Waals surface area contributed by atoms with Gasteiger partial charge in [-0.3, -0.25) is 0 Å². The van der Waals surface area contributed by atoms with Crippen LogP contribution in [-0.4, -0.2) is 29.9 Å². The fourth-order valence-corrected chi connectivity index (χ4v) is 3.19. The summed E-state index contributed by atoms with van der Waals surface area (Å²) >= 11 is 5.97. The van der Waals surface area contributed by atoms with Crippen LogP contribution in [-0.2, 0) is 14.8 Å². The predicted octanol–water partition coefficient (Wildman–Crippen LogP) is 4.10. The summed E-state index contributed by atoms with van der Waals surface area (Å²) in [4.78, 5) is 12.4. The molecule has 151 valence electrons. The monoisotopic (exact) mass is 432 g/mol. The third-order valence-electron chi connectivity index (χ3n) is 3.81. The van der Waals surface area contributed by atoms with Crippen molar-refractivity contribution in [2.45, 2.75) is 31.3 Å².